The quantitative estimate of drug-likeness (QED) is 0.802. The van der Waals surface area contributed by atoms with Gasteiger partial charge < -0.3 is 10.6 Å². The highest BCUT2D eigenvalue weighted by Crippen LogP contribution is 2.19. The Morgan fingerprint density at radius 2 is 1.74 bits per heavy atom. The third-order valence-electron chi connectivity index (χ3n) is 2.96. The minimum atomic E-state index is -0.581. The number of nitrogens with one attached hydrogen (secondary N) is 2. The smallest absolute Gasteiger partial charge is 0.233 e. The molecule has 2 rings (SSSR count). The monoisotopic (exact) mass is 354 g/mol. The summed E-state index contributed by atoms with van der Waals surface area (Å²) in [6.07, 6.45) is -0.362. The Morgan fingerprint density at radius 1 is 1.00 bits per heavy atom. The molecule has 23 heavy (non-hydrogen) atoms. The molecule has 0 bridgehead atoms. The molecule has 0 saturated carbocycles. The third-order valence-corrected chi connectivity index (χ3v) is 3.62. The van der Waals surface area contributed by atoms with E-state index in [1.165, 1.54) is 12.1 Å². The van der Waals surface area contributed by atoms with Crippen LogP contribution in [-0.4, -0.2) is 11.8 Å². The number of benzene rings is 2. The number of carbonyl (C=O) groups is 2. The van der Waals surface area contributed by atoms with E-state index >= 15 is 0 Å². The zero-order valence-electron chi connectivity index (χ0n) is 11.9. The molecule has 0 aliphatic carbocycles. The van der Waals surface area contributed by atoms with E-state index in [9.17, 15) is 14.0 Å². The van der Waals surface area contributed by atoms with Crippen molar-refractivity contribution >= 4 is 40.7 Å². The van der Waals surface area contributed by atoms with Gasteiger partial charge >= 0.3 is 0 Å². The van der Waals surface area contributed by atoms with Crippen LogP contribution in [0, 0.1) is 5.82 Å². The average Bonchev–Trinajstić information content (AvgIpc) is 2.50. The van der Waals surface area contributed by atoms with Gasteiger partial charge in [-0.3, -0.25) is 9.59 Å². The van der Waals surface area contributed by atoms with Crippen molar-refractivity contribution in [1.29, 1.82) is 0 Å². The number of amides is 2. The predicted molar refractivity (Wildman–Crippen MR) is 88.0 cm³/mol. The van der Waals surface area contributed by atoms with Crippen molar-refractivity contribution < 1.29 is 14.0 Å². The Balaban J connectivity index is 1.84. The van der Waals surface area contributed by atoms with Gasteiger partial charge in [0.05, 0.1) is 5.02 Å². The zero-order valence-corrected chi connectivity index (χ0v) is 13.4. The Hall–Kier alpha value is -2.11. The van der Waals surface area contributed by atoms with E-state index in [1.54, 1.807) is 24.3 Å². The summed E-state index contributed by atoms with van der Waals surface area (Å²) < 4.78 is 13.0. The van der Waals surface area contributed by atoms with Gasteiger partial charge in [0, 0.05) is 17.3 Å². The molecule has 0 heterocycles. The van der Waals surface area contributed by atoms with Crippen LogP contribution in [0.3, 0.4) is 0 Å². The van der Waals surface area contributed by atoms with Crippen molar-refractivity contribution in [3.8, 4) is 0 Å². The van der Waals surface area contributed by atoms with Crippen molar-refractivity contribution in [2.24, 2.45) is 0 Å². The fourth-order valence-corrected chi connectivity index (χ4v) is 2.21. The SMILES string of the molecule is O=C(CC(=O)Nc1ccc(F)c(Cl)c1)NCc1ccccc1Cl. The van der Waals surface area contributed by atoms with Gasteiger partial charge in [0.25, 0.3) is 0 Å². The first-order valence-electron chi connectivity index (χ1n) is 6.70. The summed E-state index contributed by atoms with van der Waals surface area (Å²) in [5, 5.41) is 5.51. The van der Waals surface area contributed by atoms with Gasteiger partial charge in [-0.25, -0.2) is 4.39 Å². The van der Waals surface area contributed by atoms with E-state index in [2.05, 4.69) is 10.6 Å². The van der Waals surface area contributed by atoms with E-state index in [0.29, 0.717) is 10.7 Å². The summed E-state index contributed by atoms with van der Waals surface area (Å²) >= 11 is 11.6. The topological polar surface area (TPSA) is 58.2 Å². The second kappa shape index (κ2) is 7.94. The summed E-state index contributed by atoms with van der Waals surface area (Å²) in [6, 6.07) is 10.9. The number of carbonyl (C=O) groups excluding carboxylic acids is 2. The first kappa shape index (κ1) is 17.2. The lowest BCUT2D eigenvalue weighted by atomic mass is 10.2. The van der Waals surface area contributed by atoms with E-state index < -0.39 is 17.6 Å². The average molecular weight is 355 g/mol. The molecule has 120 valence electrons. The maximum Gasteiger partial charge on any atom is 0.233 e. The molecule has 0 fully saturated rings. The molecule has 0 atom stereocenters. The van der Waals surface area contributed by atoms with Crippen molar-refractivity contribution in [3.05, 3.63) is 63.9 Å². The molecule has 2 aromatic rings. The van der Waals surface area contributed by atoms with Gasteiger partial charge in [-0.05, 0) is 29.8 Å². The van der Waals surface area contributed by atoms with Crippen molar-refractivity contribution in [2.75, 3.05) is 5.32 Å². The van der Waals surface area contributed by atoms with Gasteiger partial charge in [0.15, 0.2) is 0 Å². The van der Waals surface area contributed by atoms with Crippen molar-refractivity contribution in [3.63, 3.8) is 0 Å². The normalized spacial score (nSPS) is 10.2. The van der Waals surface area contributed by atoms with Crippen LogP contribution in [0.1, 0.15) is 12.0 Å². The molecule has 0 unspecified atom stereocenters. The fraction of sp³-hybridized carbons (Fsp3) is 0.125. The zero-order chi connectivity index (χ0) is 16.8. The highest BCUT2D eigenvalue weighted by atomic mass is 35.5. The summed E-state index contributed by atoms with van der Waals surface area (Å²) in [6.45, 7) is 0.230. The third kappa shape index (κ3) is 5.23. The number of halogens is 3. The van der Waals surface area contributed by atoms with E-state index in [-0.39, 0.29) is 18.0 Å². The molecule has 0 aliphatic heterocycles. The first-order chi connectivity index (χ1) is 11.0. The molecular weight excluding hydrogens is 342 g/mol. The first-order valence-corrected chi connectivity index (χ1v) is 7.46. The number of hydrogen-bond donors (Lipinski definition) is 2. The lowest BCUT2D eigenvalue weighted by Crippen LogP contribution is -2.27. The number of anilines is 1. The second-order valence-corrected chi connectivity index (χ2v) is 5.54. The van der Waals surface area contributed by atoms with Crippen LogP contribution >= 0.6 is 23.2 Å². The maximum absolute atomic E-state index is 13.0. The van der Waals surface area contributed by atoms with Gasteiger partial charge in [-0.15, -0.1) is 0 Å². The van der Waals surface area contributed by atoms with Gasteiger partial charge in [0.1, 0.15) is 12.2 Å². The van der Waals surface area contributed by atoms with E-state index in [4.69, 9.17) is 23.2 Å². The van der Waals surface area contributed by atoms with Crippen LogP contribution in [-0.2, 0) is 16.1 Å². The Labute approximate surface area is 142 Å². The minimum absolute atomic E-state index is 0.106. The predicted octanol–water partition coefficient (Wildman–Crippen LogP) is 3.78. The Bertz CT molecular complexity index is 738. The molecule has 0 aliphatic rings. The van der Waals surface area contributed by atoms with Crippen molar-refractivity contribution in [2.45, 2.75) is 13.0 Å². The molecule has 2 N–H and O–H groups in total. The maximum atomic E-state index is 13.0. The van der Waals surface area contributed by atoms with Crippen LogP contribution in [0.15, 0.2) is 42.5 Å². The van der Waals surface area contributed by atoms with Gasteiger partial charge in [-0.1, -0.05) is 41.4 Å². The van der Waals surface area contributed by atoms with Gasteiger partial charge in [0.2, 0.25) is 11.8 Å². The van der Waals surface area contributed by atoms with Gasteiger partial charge in [-0.2, -0.15) is 0 Å². The molecule has 0 saturated heterocycles. The lowest BCUT2D eigenvalue weighted by molar-refractivity contribution is -0.126. The molecule has 0 spiro atoms. The highest BCUT2D eigenvalue weighted by molar-refractivity contribution is 6.31. The molecule has 0 aromatic heterocycles. The molecular formula is C16H13Cl2FN2O2. The molecule has 2 aromatic carbocycles. The van der Waals surface area contributed by atoms with E-state index in [0.717, 1.165) is 11.6 Å². The van der Waals surface area contributed by atoms with Crippen LogP contribution in [0.5, 0.6) is 0 Å². The summed E-state index contributed by atoms with van der Waals surface area (Å²) in [5.74, 6) is -1.55. The van der Waals surface area contributed by atoms with Crippen molar-refractivity contribution in [1.82, 2.24) is 5.32 Å². The molecule has 0 radical (unpaired) electrons. The standard InChI is InChI=1S/C16H13Cl2FN2O2/c17-12-4-2-1-3-10(12)9-20-15(22)8-16(23)21-11-5-6-14(19)13(18)7-11/h1-7H,8-9H2,(H,20,22)(H,21,23). The number of rotatable bonds is 5. The summed E-state index contributed by atoms with van der Waals surface area (Å²) in [4.78, 5) is 23.5. The Morgan fingerprint density at radius 3 is 2.43 bits per heavy atom. The molecule has 7 heteroatoms. The largest absolute Gasteiger partial charge is 0.352 e. The van der Waals surface area contributed by atoms with Crippen LogP contribution < -0.4 is 10.6 Å². The minimum Gasteiger partial charge on any atom is -0.352 e. The summed E-state index contributed by atoms with van der Waals surface area (Å²) in [5.41, 5.74) is 1.08. The number of hydrogen-bond acceptors (Lipinski definition) is 2. The molecule has 2 amide bonds. The van der Waals surface area contributed by atoms with Crippen LogP contribution in [0.2, 0.25) is 10.0 Å². The molecule has 4 nitrogen and oxygen atoms in total. The fourth-order valence-electron chi connectivity index (χ4n) is 1.82. The summed E-state index contributed by atoms with van der Waals surface area (Å²) in [7, 11) is 0. The lowest BCUT2D eigenvalue weighted by Gasteiger charge is -2.08. The van der Waals surface area contributed by atoms with Crippen LogP contribution in [0.4, 0.5) is 10.1 Å². The van der Waals surface area contributed by atoms with E-state index in [1.807, 2.05) is 0 Å². The highest BCUT2D eigenvalue weighted by Gasteiger charge is 2.11. The Kier molecular flexibility index (Phi) is 5.96. The second-order valence-electron chi connectivity index (χ2n) is 4.72. The van der Waals surface area contributed by atoms with Crippen LogP contribution in [0.25, 0.3) is 0 Å².